The first-order valence-corrected chi connectivity index (χ1v) is 12.6. The molecule has 1 aliphatic rings. The van der Waals surface area contributed by atoms with E-state index in [9.17, 15) is 26.9 Å². The third kappa shape index (κ3) is 4.86. The van der Waals surface area contributed by atoms with Crippen molar-refractivity contribution in [2.24, 2.45) is 0 Å². The summed E-state index contributed by atoms with van der Waals surface area (Å²) < 4.78 is 51.2. The summed E-state index contributed by atoms with van der Waals surface area (Å²) in [5.74, 6) is 0. The van der Waals surface area contributed by atoms with Crippen LogP contribution in [0.3, 0.4) is 0 Å². The summed E-state index contributed by atoms with van der Waals surface area (Å²) in [5, 5.41) is 10.9. The lowest BCUT2D eigenvalue weighted by atomic mass is 10.2. The molecule has 0 aliphatic carbocycles. The topological polar surface area (TPSA) is 118 Å². The predicted molar refractivity (Wildman–Crippen MR) is 111 cm³/mol. The van der Waals surface area contributed by atoms with Gasteiger partial charge in [0.05, 0.1) is 14.7 Å². The second kappa shape index (κ2) is 8.42. The van der Waals surface area contributed by atoms with Gasteiger partial charge in [-0.1, -0.05) is 18.2 Å². The minimum Gasteiger partial charge on any atom is -0.296 e. The summed E-state index contributed by atoms with van der Waals surface area (Å²) in [7, 11) is -7.36. The van der Waals surface area contributed by atoms with Crippen molar-refractivity contribution < 1.29 is 21.8 Å². The predicted octanol–water partition coefficient (Wildman–Crippen LogP) is 1.81. The Balaban J connectivity index is 1.73. The maximum Gasteiger partial charge on any atom is 0.269 e. The Morgan fingerprint density at radius 1 is 1.00 bits per heavy atom. The summed E-state index contributed by atoms with van der Waals surface area (Å²) in [6.07, 6.45) is 1.04. The van der Waals surface area contributed by atoms with E-state index >= 15 is 0 Å². The number of rotatable bonds is 6. The molecule has 0 atom stereocenters. The van der Waals surface area contributed by atoms with Gasteiger partial charge in [0.2, 0.25) is 10.0 Å². The van der Waals surface area contributed by atoms with Crippen molar-refractivity contribution >= 4 is 25.5 Å². The number of hydrogen-bond acceptors (Lipinski definition) is 7. The fraction of sp³-hybridized carbons (Fsp3) is 0.368. The van der Waals surface area contributed by atoms with Crippen LogP contribution in [0.15, 0.2) is 52.3 Å². The Labute approximate surface area is 176 Å². The van der Waals surface area contributed by atoms with E-state index in [0.717, 1.165) is 11.8 Å². The average Bonchev–Trinajstić information content (AvgIpc) is 2.68. The van der Waals surface area contributed by atoms with Gasteiger partial charge in [-0.25, -0.2) is 16.8 Å². The van der Waals surface area contributed by atoms with Gasteiger partial charge < -0.3 is 0 Å². The number of nitro groups is 1. The maximum atomic E-state index is 13.1. The molecule has 162 valence electrons. The second-order valence-electron chi connectivity index (χ2n) is 7.31. The zero-order valence-electron chi connectivity index (χ0n) is 16.7. The minimum absolute atomic E-state index is 0.00226. The molecule has 9 nitrogen and oxygen atoms in total. The van der Waals surface area contributed by atoms with Crippen LogP contribution in [0.2, 0.25) is 0 Å². The van der Waals surface area contributed by atoms with Crippen LogP contribution in [0.25, 0.3) is 0 Å². The van der Waals surface area contributed by atoms with Crippen molar-refractivity contribution in [2.75, 3.05) is 32.4 Å². The molecule has 2 aromatic carbocycles. The first-order chi connectivity index (χ1) is 14.0. The van der Waals surface area contributed by atoms with Crippen molar-refractivity contribution in [1.29, 1.82) is 0 Å². The van der Waals surface area contributed by atoms with Crippen LogP contribution >= 0.6 is 0 Å². The lowest BCUT2D eigenvalue weighted by molar-refractivity contribution is -0.384. The molecule has 1 aliphatic heterocycles. The van der Waals surface area contributed by atoms with Crippen LogP contribution in [-0.2, 0) is 26.4 Å². The van der Waals surface area contributed by atoms with E-state index in [4.69, 9.17) is 0 Å². The summed E-state index contributed by atoms with van der Waals surface area (Å²) in [6.45, 7) is 3.55. The van der Waals surface area contributed by atoms with E-state index < -0.39 is 24.8 Å². The largest absolute Gasteiger partial charge is 0.296 e. The van der Waals surface area contributed by atoms with Gasteiger partial charge in [-0.3, -0.25) is 15.0 Å². The van der Waals surface area contributed by atoms with E-state index in [1.807, 2.05) is 4.90 Å². The van der Waals surface area contributed by atoms with Crippen molar-refractivity contribution in [2.45, 2.75) is 23.3 Å². The van der Waals surface area contributed by atoms with Crippen LogP contribution in [0.4, 0.5) is 5.69 Å². The second-order valence-corrected chi connectivity index (χ2v) is 11.2. The average molecular weight is 454 g/mol. The number of piperazine rings is 1. The number of non-ortho nitro benzene ring substituents is 1. The van der Waals surface area contributed by atoms with Gasteiger partial charge in [0.15, 0.2) is 9.84 Å². The quantitative estimate of drug-likeness (QED) is 0.483. The van der Waals surface area contributed by atoms with Crippen LogP contribution in [0, 0.1) is 17.0 Å². The summed E-state index contributed by atoms with van der Waals surface area (Å²) in [4.78, 5) is 12.5. The molecule has 1 fully saturated rings. The Morgan fingerprint density at radius 2 is 1.67 bits per heavy atom. The van der Waals surface area contributed by atoms with Gasteiger partial charge >= 0.3 is 0 Å². The van der Waals surface area contributed by atoms with E-state index in [1.54, 1.807) is 19.1 Å². The number of hydrogen-bond donors (Lipinski definition) is 0. The smallest absolute Gasteiger partial charge is 0.269 e. The van der Waals surface area contributed by atoms with Gasteiger partial charge in [-0.05, 0) is 30.2 Å². The molecule has 3 rings (SSSR count). The molecular formula is C19H23N3O6S2. The van der Waals surface area contributed by atoms with Gasteiger partial charge in [0.1, 0.15) is 0 Å². The molecule has 0 aromatic heterocycles. The fourth-order valence-corrected chi connectivity index (χ4v) is 5.78. The van der Waals surface area contributed by atoms with Crippen LogP contribution in [0.5, 0.6) is 0 Å². The van der Waals surface area contributed by atoms with Gasteiger partial charge in [-0.2, -0.15) is 4.31 Å². The molecule has 11 heteroatoms. The van der Waals surface area contributed by atoms with Gasteiger partial charge in [0.25, 0.3) is 5.69 Å². The van der Waals surface area contributed by atoms with Crippen molar-refractivity contribution in [3.05, 3.63) is 63.7 Å². The molecule has 1 saturated heterocycles. The molecule has 0 spiro atoms. The van der Waals surface area contributed by atoms with Crippen LogP contribution in [-0.4, -0.2) is 63.4 Å². The lowest BCUT2D eigenvalue weighted by Gasteiger charge is -2.34. The Morgan fingerprint density at radius 3 is 2.27 bits per heavy atom. The highest BCUT2D eigenvalue weighted by atomic mass is 32.2. The first-order valence-electron chi connectivity index (χ1n) is 9.25. The Hall–Kier alpha value is -2.34. The van der Waals surface area contributed by atoms with Crippen LogP contribution in [0.1, 0.15) is 11.1 Å². The number of sulfonamides is 1. The first kappa shape index (κ1) is 22.3. The number of sulfone groups is 1. The molecule has 2 aromatic rings. The number of aryl methyl sites for hydroxylation is 1. The lowest BCUT2D eigenvalue weighted by Crippen LogP contribution is -2.48. The summed E-state index contributed by atoms with van der Waals surface area (Å²) in [5.41, 5.74) is 1.30. The molecule has 0 bridgehead atoms. The van der Waals surface area contributed by atoms with Gasteiger partial charge in [0, 0.05) is 51.1 Å². The molecule has 30 heavy (non-hydrogen) atoms. The normalized spacial score (nSPS) is 16.5. The standard InChI is InChI=1S/C19H23N3O6S2/c1-15-6-7-18(29(2,25)26)13-19(15)30(27,28)21-10-8-20(9-11-21)14-16-4-3-5-17(12-16)22(23)24/h3-7,12-13H,8-11,14H2,1-2H3. The molecule has 1 heterocycles. The van der Waals surface area contributed by atoms with E-state index in [1.165, 1.54) is 34.6 Å². The van der Waals surface area contributed by atoms with Crippen molar-refractivity contribution in [3.63, 3.8) is 0 Å². The van der Waals surface area contributed by atoms with Crippen LogP contribution < -0.4 is 0 Å². The molecular weight excluding hydrogens is 430 g/mol. The summed E-state index contributed by atoms with van der Waals surface area (Å²) >= 11 is 0. The highest BCUT2D eigenvalue weighted by molar-refractivity contribution is 7.91. The number of nitrogens with zero attached hydrogens (tertiary/aromatic N) is 3. The highest BCUT2D eigenvalue weighted by Gasteiger charge is 2.30. The fourth-order valence-electron chi connectivity index (χ4n) is 3.38. The third-order valence-corrected chi connectivity index (χ3v) is 8.22. The minimum atomic E-state index is -3.84. The molecule has 0 N–H and O–H groups in total. The zero-order chi connectivity index (χ0) is 22.1. The zero-order valence-corrected chi connectivity index (χ0v) is 18.3. The van der Waals surface area contributed by atoms with Crippen molar-refractivity contribution in [3.8, 4) is 0 Å². The van der Waals surface area contributed by atoms with E-state index in [0.29, 0.717) is 25.2 Å². The van der Waals surface area contributed by atoms with E-state index in [-0.39, 0.29) is 28.6 Å². The Bertz CT molecular complexity index is 1170. The summed E-state index contributed by atoms with van der Waals surface area (Å²) in [6, 6.07) is 10.5. The maximum absolute atomic E-state index is 13.1. The molecule has 0 unspecified atom stereocenters. The highest BCUT2D eigenvalue weighted by Crippen LogP contribution is 2.25. The van der Waals surface area contributed by atoms with Crippen molar-refractivity contribution in [1.82, 2.24) is 9.21 Å². The number of nitro benzene ring substituents is 1. The molecule has 0 saturated carbocycles. The molecule has 0 amide bonds. The SMILES string of the molecule is Cc1ccc(S(C)(=O)=O)cc1S(=O)(=O)N1CCN(Cc2cccc([N+](=O)[O-])c2)CC1. The molecule has 0 radical (unpaired) electrons. The third-order valence-electron chi connectivity index (χ3n) is 5.06. The Kier molecular flexibility index (Phi) is 6.27. The van der Waals surface area contributed by atoms with Gasteiger partial charge in [-0.15, -0.1) is 0 Å². The number of benzene rings is 2. The monoisotopic (exact) mass is 453 g/mol. The van der Waals surface area contributed by atoms with E-state index in [2.05, 4.69) is 0 Å².